The van der Waals surface area contributed by atoms with E-state index < -0.39 is 0 Å². The zero-order chi connectivity index (χ0) is 14.6. The Morgan fingerprint density at radius 1 is 1.10 bits per heavy atom. The van der Waals surface area contributed by atoms with Crippen LogP contribution in [0.4, 0.5) is 0 Å². The first kappa shape index (κ1) is 16.7. The highest BCUT2D eigenvalue weighted by atomic mass is 16.1. The Morgan fingerprint density at radius 2 is 1.85 bits per heavy atom. The van der Waals surface area contributed by atoms with Crippen molar-refractivity contribution in [3.63, 3.8) is 0 Å². The number of benzene rings is 1. The van der Waals surface area contributed by atoms with Gasteiger partial charge in [0, 0.05) is 19.5 Å². The molecule has 0 spiro atoms. The van der Waals surface area contributed by atoms with E-state index >= 15 is 0 Å². The summed E-state index contributed by atoms with van der Waals surface area (Å²) in [6, 6.07) is 10.4. The number of amides is 1. The van der Waals surface area contributed by atoms with Gasteiger partial charge in [-0.3, -0.25) is 4.79 Å². The van der Waals surface area contributed by atoms with Crippen molar-refractivity contribution < 1.29 is 4.79 Å². The van der Waals surface area contributed by atoms with Crippen molar-refractivity contribution in [3.05, 3.63) is 35.9 Å². The van der Waals surface area contributed by atoms with E-state index in [1.165, 1.54) is 5.56 Å². The van der Waals surface area contributed by atoms with Crippen LogP contribution < -0.4 is 10.6 Å². The van der Waals surface area contributed by atoms with Gasteiger partial charge in [-0.05, 0) is 45.6 Å². The van der Waals surface area contributed by atoms with E-state index in [4.69, 9.17) is 0 Å². The molecule has 0 radical (unpaired) electrons. The van der Waals surface area contributed by atoms with Crippen molar-refractivity contribution in [2.24, 2.45) is 0 Å². The van der Waals surface area contributed by atoms with Crippen LogP contribution in [0.3, 0.4) is 0 Å². The number of rotatable bonds is 10. The summed E-state index contributed by atoms with van der Waals surface area (Å²) < 4.78 is 0. The van der Waals surface area contributed by atoms with E-state index in [0.29, 0.717) is 6.42 Å². The Bertz CT molecular complexity index is 365. The molecule has 0 aliphatic heterocycles. The monoisotopic (exact) mass is 277 g/mol. The smallest absolute Gasteiger partial charge is 0.221 e. The molecule has 0 aliphatic carbocycles. The van der Waals surface area contributed by atoms with Crippen LogP contribution in [0.1, 0.15) is 18.4 Å². The Balaban J connectivity index is 1.94. The SMILES string of the molecule is CN(C)CCCNC(=O)CCNCCc1ccccc1. The lowest BCUT2D eigenvalue weighted by Crippen LogP contribution is -2.30. The lowest BCUT2D eigenvalue weighted by atomic mass is 10.1. The summed E-state index contributed by atoms with van der Waals surface area (Å²) >= 11 is 0. The van der Waals surface area contributed by atoms with E-state index in [0.717, 1.165) is 39.0 Å². The standard InChI is InChI=1S/C16H27N3O/c1-19(2)14-6-11-18-16(20)10-13-17-12-9-15-7-4-3-5-8-15/h3-5,7-8,17H,6,9-14H2,1-2H3,(H,18,20). The van der Waals surface area contributed by atoms with Gasteiger partial charge in [0.1, 0.15) is 0 Å². The number of hydrogen-bond acceptors (Lipinski definition) is 3. The van der Waals surface area contributed by atoms with Gasteiger partial charge in [0.2, 0.25) is 5.91 Å². The third kappa shape index (κ3) is 8.67. The van der Waals surface area contributed by atoms with E-state index in [1.807, 2.05) is 20.2 Å². The molecular weight excluding hydrogens is 250 g/mol. The van der Waals surface area contributed by atoms with E-state index in [-0.39, 0.29) is 5.91 Å². The first-order valence-electron chi connectivity index (χ1n) is 7.34. The van der Waals surface area contributed by atoms with E-state index in [1.54, 1.807) is 0 Å². The molecule has 4 nitrogen and oxygen atoms in total. The zero-order valence-electron chi connectivity index (χ0n) is 12.7. The Hall–Kier alpha value is -1.39. The summed E-state index contributed by atoms with van der Waals surface area (Å²) in [4.78, 5) is 13.7. The molecule has 2 N–H and O–H groups in total. The minimum atomic E-state index is 0.135. The van der Waals surface area contributed by atoms with Gasteiger partial charge in [-0.15, -0.1) is 0 Å². The molecule has 0 aromatic heterocycles. The molecule has 1 rings (SSSR count). The van der Waals surface area contributed by atoms with Gasteiger partial charge in [-0.25, -0.2) is 0 Å². The maximum absolute atomic E-state index is 11.6. The van der Waals surface area contributed by atoms with Gasteiger partial charge in [-0.1, -0.05) is 30.3 Å². The normalized spacial score (nSPS) is 10.8. The first-order valence-corrected chi connectivity index (χ1v) is 7.34. The third-order valence-electron chi connectivity index (χ3n) is 3.07. The van der Waals surface area contributed by atoms with Gasteiger partial charge in [-0.2, -0.15) is 0 Å². The molecule has 0 saturated heterocycles. The predicted octanol–water partition coefficient (Wildman–Crippen LogP) is 1.28. The Morgan fingerprint density at radius 3 is 2.55 bits per heavy atom. The van der Waals surface area contributed by atoms with Gasteiger partial charge in [0.15, 0.2) is 0 Å². The van der Waals surface area contributed by atoms with E-state index in [9.17, 15) is 4.79 Å². The highest BCUT2D eigenvalue weighted by Crippen LogP contribution is 1.97. The van der Waals surface area contributed by atoms with Crippen LogP contribution in [0.2, 0.25) is 0 Å². The molecule has 4 heteroatoms. The highest BCUT2D eigenvalue weighted by molar-refractivity contribution is 5.75. The summed E-state index contributed by atoms with van der Waals surface area (Å²) in [6.45, 7) is 3.43. The molecule has 0 fully saturated rings. The fraction of sp³-hybridized carbons (Fsp3) is 0.562. The second-order valence-corrected chi connectivity index (χ2v) is 5.24. The zero-order valence-corrected chi connectivity index (χ0v) is 12.7. The van der Waals surface area contributed by atoms with E-state index in [2.05, 4.69) is 39.8 Å². The lowest BCUT2D eigenvalue weighted by molar-refractivity contribution is -0.121. The number of carbonyl (C=O) groups is 1. The molecule has 0 unspecified atom stereocenters. The highest BCUT2D eigenvalue weighted by Gasteiger charge is 2.00. The minimum Gasteiger partial charge on any atom is -0.356 e. The van der Waals surface area contributed by atoms with Crippen molar-refractivity contribution in [1.29, 1.82) is 0 Å². The summed E-state index contributed by atoms with van der Waals surface area (Å²) in [5.41, 5.74) is 1.33. The maximum atomic E-state index is 11.6. The van der Waals surface area contributed by atoms with Crippen LogP contribution in [0, 0.1) is 0 Å². The van der Waals surface area contributed by atoms with Crippen LogP contribution in [0.25, 0.3) is 0 Å². The molecular formula is C16H27N3O. The van der Waals surface area contributed by atoms with Crippen molar-refractivity contribution in [2.75, 3.05) is 40.3 Å². The van der Waals surface area contributed by atoms with Crippen molar-refractivity contribution in [3.8, 4) is 0 Å². The largest absolute Gasteiger partial charge is 0.356 e. The second-order valence-electron chi connectivity index (χ2n) is 5.24. The molecule has 20 heavy (non-hydrogen) atoms. The van der Waals surface area contributed by atoms with Crippen LogP contribution in [-0.2, 0) is 11.2 Å². The number of nitrogens with zero attached hydrogens (tertiary/aromatic N) is 1. The molecule has 0 aliphatic rings. The summed E-state index contributed by atoms with van der Waals surface area (Å²) in [6.07, 6.45) is 2.56. The van der Waals surface area contributed by atoms with Crippen molar-refractivity contribution in [1.82, 2.24) is 15.5 Å². The first-order chi connectivity index (χ1) is 9.68. The lowest BCUT2D eigenvalue weighted by Gasteiger charge is -2.10. The fourth-order valence-electron chi connectivity index (χ4n) is 1.92. The van der Waals surface area contributed by atoms with Gasteiger partial charge < -0.3 is 15.5 Å². The van der Waals surface area contributed by atoms with Gasteiger partial charge in [0.05, 0.1) is 0 Å². The Kier molecular flexibility index (Phi) is 8.67. The fourth-order valence-corrected chi connectivity index (χ4v) is 1.92. The summed E-state index contributed by atoms with van der Waals surface area (Å²) in [5, 5.41) is 6.25. The molecule has 112 valence electrons. The number of nitrogens with one attached hydrogen (secondary N) is 2. The molecule has 1 amide bonds. The van der Waals surface area contributed by atoms with Crippen molar-refractivity contribution >= 4 is 5.91 Å². The van der Waals surface area contributed by atoms with Gasteiger partial charge >= 0.3 is 0 Å². The number of hydrogen-bond donors (Lipinski definition) is 2. The summed E-state index contributed by atoms with van der Waals surface area (Å²) in [7, 11) is 4.08. The van der Waals surface area contributed by atoms with Crippen LogP contribution >= 0.6 is 0 Å². The predicted molar refractivity (Wildman–Crippen MR) is 83.8 cm³/mol. The third-order valence-corrected chi connectivity index (χ3v) is 3.07. The maximum Gasteiger partial charge on any atom is 0.221 e. The van der Waals surface area contributed by atoms with Crippen LogP contribution in [-0.4, -0.2) is 51.1 Å². The molecule has 0 heterocycles. The molecule has 0 atom stereocenters. The minimum absolute atomic E-state index is 0.135. The molecule has 1 aromatic carbocycles. The topological polar surface area (TPSA) is 44.4 Å². The average Bonchev–Trinajstić information content (AvgIpc) is 2.44. The quantitative estimate of drug-likeness (QED) is 0.633. The number of carbonyl (C=O) groups excluding carboxylic acids is 1. The molecule has 0 saturated carbocycles. The average molecular weight is 277 g/mol. The van der Waals surface area contributed by atoms with Gasteiger partial charge in [0.25, 0.3) is 0 Å². The molecule has 0 bridgehead atoms. The van der Waals surface area contributed by atoms with Crippen LogP contribution in [0.15, 0.2) is 30.3 Å². The molecule has 1 aromatic rings. The van der Waals surface area contributed by atoms with Crippen LogP contribution in [0.5, 0.6) is 0 Å². The second kappa shape index (κ2) is 10.4. The summed E-state index contributed by atoms with van der Waals surface area (Å²) in [5.74, 6) is 0.135. The Labute approximate surface area is 122 Å². The van der Waals surface area contributed by atoms with Crippen molar-refractivity contribution in [2.45, 2.75) is 19.3 Å².